The summed E-state index contributed by atoms with van der Waals surface area (Å²) in [5.74, 6) is 0. The molecule has 1 aromatic heterocycles. The van der Waals surface area contributed by atoms with Gasteiger partial charge in [-0.25, -0.2) is 0 Å². The van der Waals surface area contributed by atoms with Crippen molar-refractivity contribution in [1.29, 1.82) is 0 Å². The summed E-state index contributed by atoms with van der Waals surface area (Å²) in [6.07, 6.45) is -3.29. The first kappa shape index (κ1) is 13.9. The van der Waals surface area contributed by atoms with Gasteiger partial charge in [-0.1, -0.05) is 23.2 Å². The normalized spacial score (nSPS) is 11.6. The van der Waals surface area contributed by atoms with Gasteiger partial charge in [0.05, 0.1) is 22.5 Å². The lowest BCUT2D eigenvalue weighted by Gasteiger charge is -2.08. The molecule has 0 aliphatic rings. The van der Waals surface area contributed by atoms with E-state index in [1.807, 2.05) is 0 Å². The van der Waals surface area contributed by atoms with Gasteiger partial charge < -0.3 is 0 Å². The first-order chi connectivity index (χ1) is 8.80. The molecule has 8 heteroatoms. The van der Waals surface area contributed by atoms with Crippen molar-refractivity contribution >= 4 is 23.2 Å². The largest absolute Gasteiger partial charge is 0.416 e. The molecule has 100 valence electrons. The molecule has 0 spiro atoms. The van der Waals surface area contributed by atoms with Crippen LogP contribution in [-0.4, -0.2) is 9.78 Å². The van der Waals surface area contributed by atoms with Crippen molar-refractivity contribution in [3.8, 4) is 5.69 Å². The van der Waals surface area contributed by atoms with Crippen molar-refractivity contribution in [3.63, 3.8) is 0 Å². The van der Waals surface area contributed by atoms with E-state index in [0.29, 0.717) is 0 Å². The third-order valence-electron chi connectivity index (χ3n) is 2.32. The minimum absolute atomic E-state index is 0.0187. The molecule has 1 heterocycles. The van der Waals surface area contributed by atoms with Crippen molar-refractivity contribution in [2.24, 2.45) is 0 Å². The Hall–Kier alpha value is -1.53. The van der Waals surface area contributed by atoms with Crippen LogP contribution in [0.2, 0.25) is 10.0 Å². The Labute approximate surface area is 115 Å². The summed E-state index contributed by atoms with van der Waals surface area (Å²) in [6, 6.07) is 3.96. The Morgan fingerprint density at radius 1 is 1.11 bits per heavy atom. The highest BCUT2D eigenvalue weighted by atomic mass is 35.5. The molecule has 0 radical (unpaired) electrons. The van der Waals surface area contributed by atoms with Gasteiger partial charge in [-0.3, -0.25) is 4.79 Å². The third kappa shape index (κ3) is 2.74. The fourth-order valence-electron chi connectivity index (χ4n) is 1.39. The molecule has 0 atom stereocenters. The standard InChI is InChI=1S/C11H5Cl2F3N2O/c12-8-5-17-18(10(19)9(8)13)7-3-1-6(2-4-7)11(14,15)16/h1-5H. The minimum Gasteiger partial charge on any atom is -0.266 e. The van der Waals surface area contributed by atoms with Crippen molar-refractivity contribution in [3.05, 3.63) is 56.4 Å². The van der Waals surface area contributed by atoms with Crippen LogP contribution in [0.4, 0.5) is 13.2 Å². The first-order valence-corrected chi connectivity index (χ1v) is 5.67. The van der Waals surface area contributed by atoms with Gasteiger partial charge in [-0.2, -0.15) is 23.0 Å². The summed E-state index contributed by atoms with van der Waals surface area (Å²) in [5, 5.41) is 3.45. The van der Waals surface area contributed by atoms with E-state index in [9.17, 15) is 18.0 Å². The summed E-state index contributed by atoms with van der Waals surface area (Å²) in [5.41, 5.74) is -1.35. The van der Waals surface area contributed by atoms with Crippen LogP contribution in [-0.2, 0) is 6.18 Å². The van der Waals surface area contributed by atoms with Gasteiger partial charge in [0.15, 0.2) is 0 Å². The van der Waals surface area contributed by atoms with E-state index >= 15 is 0 Å². The molecule has 0 fully saturated rings. The quantitative estimate of drug-likeness (QED) is 0.807. The molecule has 19 heavy (non-hydrogen) atoms. The maximum absolute atomic E-state index is 12.4. The van der Waals surface area contributed by atoms with E-state index in [4.69, 9.17) is 23.2 Å². The zero-order valence-corrected chi connectivity index (χ0v) is 10.6. The predicted octanol–water partition coefficient (Wildman–Crippen LogP) is 3.56. The first-order valence-electron chi connectivity index (χ1n) is 4.91. The van der Waals surface area contributed by atoms with E-state index in [1.165, 1.54) is 0 Å². The Morgan fingerprint density at radius 2 is 1.68 bits per heavy atom. The van der Waals surface area contributed by atoms with Crippen LogP contribution < -0.4 is 5.56 Å². The molecule has 0 amide bonds. The second kappa shape index (κ2) is 4.86. The maximum atomic E-state index is 12.4. The smallest absolute Gasteiger partial charge is 0.266 e. The van der Waals surface area contributed by atoms with Crippen molar-refractivity contribution in [1.82, 2.24) is 9.78 Å². The highest BCUT2D eigenvalue weighted by Gasteiger charge is 2.30. The Balaban J connectivity index is 2.50. The number of benzene rings is 1. The molecule has 0 saturated carbocycles. The minimum atomic E-state index is -4.44. The lowest BCUT2D eigenvalue weighted by atomic mass is 10.2. The van der Waals surface area contributed by atoms with Gasteiger partial charge in [-0.15, -0.1) is 0 Å². The van der Waals surface area contributed by atoms with Gasteiger partial charge in [0, 0.05) is 0 Å². The number of hydrogen-bond acceptors (Lipinski definition) is 2. The number of hydrogen-bond donors (Lipinski definition) is 0. The van der Waals surface area contributed by atoms with Gasteiger partial charge in [0.25, 0.3) is 5.56 Å². The average molecular weight is 309 g/mol. The lowest BCUT2D eigenvalue weighted by Crippen LogP contribution is -2.21. The molecule has 0 saturated heterocycles. The molecule has 0 N–H and O–H groups in total. The molecule has 0 unspecified atom stereocenters. The Kier molecular flexibility index (Phi) is 3.56. The van der Waals surface area contributed by atoms with E-state index in [1.54, 1.807) is 0 Å². The highest BCUT2D eigenvalue weighted by molar-refractivity contribution is 6.41. The zero-order valence-electron chi connectivity index (χ0n) is 9.08. The highest BCUT2D eigenvalue weighted by Crippen LogP contribution is 2.29. The van der Waals surface area contributed by atoms with Crippen LogP contribution in [0.1, 0.15) is 5.56 Å². The van der Waals surface area contributed by atoms with Gasteiger partial charge in [-0.05, 0) is 24.3 Å². The van der Waals surface area contributed by atoms with Crippen molar-refractivity contribution < 1.29 is 13.2 Å². The van der Waals surface area contributed by atoms with Crippen LogP contribution in [0, 0.1) is 0 Å². The monoisotopic (exact) mass is 308 g/mol. The maximum Gasteiger partial charge on any atom is 0.416 e. The summed E-state index contributed by atoms with van der Waals surface area (Å²) >= 11 is 11.3. The summed E-state index contributed by atoms with van der Waals surface area (Å²) in [4.78, 5) is 11.7. The number of rotatable bonds is 1. The second-order valence-corrected chi connectivity index (χ2v) is 4.35. The summed E-state index contributed by atoms with van der Waals surface area (Å²) < 4.78 is 38.1. The van der Waals surface area contributed by atoms with E-state index in [2.05, 4.69) is 5.10 Å². The molecule has 2 aromatic rings. The molecular weight excluding hydrogens is 304 g/mol. The van der Waals surface area contributed by atoms with E-state index in [0.717, 1.165) is 35.1 Å². The van der Waals surface area contributed by atoms with Gasteiger partial charge in [0.1, 0.15) is 5.02 Å². The number of nitrogens with zero attached hydrogens (tertiary/aromatic N) is 2. The number of halogens is 5. The van der Waals surface area contributed by atoms with Crippen LogP contribution in [0.5, 0.6) is 0 Å². The molecule has 1 aromatic carbocycles. The number of aromatic nitrogens is 2. The molecular formula is C11H5Cl2F3N2O. The van der Waals surface area contributed by atoms with Gasteiger partial charge in [0.2, 0.25) is 0 Å². The Morgan fingerprint density at radius 3 is 2.21 bits per heavy atom. The summed E-state index contributed by atoms with van der Waals surface area (Å²) in [7, 11) is 0. The van der Waals surface area contributed by atoms with E-state index in [-0.39, 0.29) is 15.7 Å². The topological polar surface area (TPSA) is 34.9 Å². The predicted molar refractivity (Wildman–Crippen MR) is 64.9 cm³/mol. The average Bonchev–Trinajstić information content (AvgIpc) is 2.35. The fraction of sp³-hybridized carbons (Fsp3) is 0.0909. The fourth-order valence-corrected chi connectivity index (χ4v) is 1.64. The van der Waals surface area contributed by atoms with Crippen LogP contribution in [0.15, 0.2) is 35.3 Å². The lowest BCUT2D eigenvalue weighted by molar-refractivity contribution is -0.137. The van der Waals surface area contributed by atoms with Crippen LogP contribution >= 0.6 is 23.2 Å². The second-order valence-electron chi connectivity index (χ2n) is 3.57. The SMILES string of the molecule is O=c1c(Cl)c(Cl)cnn1-c1ccc(C(F)(F)F)cc1. The molecule has 0 bridgehead atoms. The van der Waals surface area contributed by atoms with Crippen molar-refractivity contribution in [2.45, 2.75) is 6.18 Å². The van der Waals surface area contributed by atoms with Crippen LogP contribution in [0.3, 0.4) is 0 Å². The molecule has 3 nitrogen and oxygen atoms in total. The van der Waals surface area contributed by atoms with Crippen LogP contribution in [0.25, 0.3) is 5.69 Å². The third-order valence-corrected chi connectivity index (χ3v) is 3.06. The van der Waals surface area contributed by atoms with Crippen molar-refractivity contribution in [2.75, 3.05) is 0 Å². The molecule has 2 rings (SSSR count). The molecule has 0 aliphatic carbocycles. The summed E-state index contributed by atoms with van der Waals surface area (Å²) in [6.45, 7) is 0. The Bertz CT molecular complexity index is 665. The zero-order chi connectivity index (χ0) is 14.2. The van der Waals surface area contributed by atoms with E-state index < -0.39 is 17.3 Å². The molecule has 0 aliphatic heterocycles. The number of alkyl halides is 3. The van der Waals surface area contributed by atoms with Gasteiger partial charge >= 0.3 is 6.18 Å².